The van der Waals surface area contributed by atoms with E-state index in [1.807, 2.05) is 0 Å². The van der Waals surface area contributed by atoms with Crippen LogP contribution in [0.4, 0.5) is 0 Å². The van der Waals surface area contributed by atoms with Gasteiger partial charge in [-0.3, -0.25) is 0 Å². The molecule has 3 nitrogen and oxygen atoms in total. The molecule has 1 aromatic rings. The van der Waals surface area contributed by atoms with E-state index in [1.165, 1.54) is 29.7 Å². The van der Waals surface area contributed by atoms with Crippen molar-refractivity contribution in [2.45, 2.75) is 43.2 Å². The highest BCUT2D eigenvalue weighted by atomic mass is 32.2. The second-order valence-corrected chi connectivity index (χ2v) is 6.25. The maximum absolute atomic E-state index is 9.45. The fourth-order valence-electron chi connectivity index (χ4n) is 2.93. The van der Waals surface area contributed by atoms with Gasteiger partial charge < -0.3 is 15.2 Å². The number of benzene rings is 1. The molecule has 2 unspecified atom stereocenters. The Morgan fingerprint density at radius 1 is 1.35 bits per heavy atom. The Morgan fingerprint density at radius 3 is 2.85 bits per heavy atom. The van der Waals surface area contributed by atoms with Gasteiger partial charge in [0.05, 0.1) is 7.11 Å². The summed E-state index contributed by atoms with van der Waals surface area (Å²) in [5.74, 6) is 1.36. The third-order valence-corrected chi connectivity index (χ3v) is 4.94. The predicted octanol–water partition coefficient (Wildman–Crippen LogP) is 3.06. The summed E-state index contributed by atoms with van der Waals surface area (Å²) in [5, 5.41) is 13.1. The van der Waals surface area contributed by atoms with Crippen molar-refractivity contribution in [3.8, 4) is 5.75 Å². The maximum Gasteiger partial charge on any atom is 0.132 e. The highest BCUT2D eigenvalue weighted by molar-refractivity contribution is 7.98. The summed E-state index contributed by atoms with van der Waals surface area (Å²) >= 11 is 1.70. The topological polar surface area (TPSA) is 41.5 Å². The van der Waals surface area contributed by atoms with Crippen LogP contribution < -0.4 is 10.1 Å². The molecule has 4 heteroatoms. The Labute approximate surface area is 126 Å². The van der Waals surface area contributed by atoms with Gasteiger partial charge in [0.25, 0.3) is 0 Å². The van der Waals surface area contributed by atoms with Crippen molar-refractivity contribution in [3.05, 3.63) is 23.8 Å². The van der Waals surface area contributed by atoms with Crippen molar-refractivity contribution in [3.63, 3.8) is 0 Å². The Balaban J connectivity index is 1.96. The van der Waals surface area contributed by atoms with Crippen LogP contribution in [0.5, 0.6) is 5.75 Å². The molecule has 1 aliphatic rings. The third-order valence-electron chi connectivity index (χ3n) is 4.16. The number of ether oxygens (including phenoxy) is 1. The highest BCUT2D eigenvalue weighted by Gasteiger charge is 2.23. The van der Waals surface area contributed by atoms with E-state index in [4.69, 9.17) is 4.74 Å². The molecule has 0 bridgehead atoms. The second-order valence-electron chi connectivity index (χ2n) is 5.40. The number of hydrogen-bond donors (Lipinski definition) is 2. The van der Waals surface area contributed by atoms with E-state index in [9.17, 15) is 5.11 Å². The molecule has 1 aromatic carbocycles. The summed E-state index contributed by atoms with van der Waals surface area (Å²) in [6.45, 7) is 1.14. The molecular weight excluding hydrogens is 270 g/mol. The van der Waals surface area contributed by atoms with E-state index >= 15 is 0 Å². The Hall–Kier alpha value is -0.710. The maximum atomic E-state index is 9.45. The van der Waals surface area contributed by atoms with E-state index in [0.29, 0.717) is 18.6 Å². The first-order chi connectivity index (χ1) is 9.78. The van der Waals surface area contributed by atoms with Crippen LogP contribution in [-0.4, -0.2) is 31.1 Å². The van der Waals surface area contributed by atoms with Crippen LogP contribution in [-0.2, 0) is 6.54 Å². The van der Waals surface area contributed by atoms with Gasteiger partial charge in [-0.05, 0) is 42.7 Å². The van der Waals surface area contributed by atoms with E-state index in [2.05, 4.69) is 29.8 Å². The SMILES string of the molecule is COc1cc(CNC2CCCCC2CO)ccc1SC. The molecule has 0 amide bonds. The number of thioether (sulfide) groups is 1. The number of nitrogens with one attached hydrogen (secondary N) is 1. The summed E-state index contributed by atoms with van der Waals surface area (Å²) < 4.78 is 5.42. The molecule has 1 aliphatic carbocycles. The molecule has 0 heterocycles. The largest absolute Gasteiger partial charge is 0.496 e. The van der Waals surface area contributed by atoms with Gasteiger partial charge >= 0.3 is 0 Å². The third kappa shape index (κ3) is 3.90. The minimum Gasteiger partial charge on any atom is -0.496 e. The second kappa shape index (κ2) is 7.91. The highest BCUT2D eigenvalue weighted by Crippen LogP contribution is 2.29. The monoisotopic (exact) mass is 295 g/mol. The van der Waals surface area contributed by atoms with Crippen molar-refractivity contribution < 1.29 is 9.84 Å². The Kier molecular flexibility index (Phi) is 6.20. The molecule has 0 aliphatic heterocycles. The van der Waals surface area contributed by atoms with E-state index in [-0.39, 0.29) is 0 Å². The summed E-state index contributed by atoms with van der Waals surface area (Å²) in [6, 6.07) is 6.82. The lowest BCUT2D eigenvalue weighted by molar-refractivity contribution is 0.152. The molecule has 0 spiro atoms. The molecule has 112 valence electrons. The van der Waals surface area contributed by atoms with Gasteiger partial charge in [-0.1, -0.05) is 18.9 Å². The van der Waals surface area contributed by atoms with Crippen molar-refractivity contribution >= 4 is 11.8 Å². The average Bonchev–Trinajstić information content (AvgIpc) is 2.52. The smallest absolute Gasteiger partial charge is 0.132 e. The summed E-state index contributed by atoms with van der Waals surface area (Å²) in [7, 11) is 1.72. The van der Waals surface area contributed by atoms with Gasteiger partial charge in [0, 0.05) is 24.1 Å². The number of rotatable bonds is 6. The first kappa shape index (κ1) is 15.7. The van der Waals surface area contributed by atoms with Crippen LogP contribution in [0, 0.1) is 5.92 Å². The number of aliphatic hydroxyl groups excluding tert-OH is 1. The quantitative estimate of drug-likeness (QED) is 0.792. The van der Waals surface area contributed by atoms with Gasteiger partial charge in [0.2, 0.25) is 0 Å². The van der Waals surface area contributed by atoms with Gasteiger partial charge in [-0.25, -0.2) is 0 Å². The predicted molar refractivity (Wildman–Crippen MR) is 84.4 cm³/mol. The molecule has 2 rings (SSSR count). The van der Waals surface area contributed by atoms with Gasteiger partial charge in [0.15, 0.2) is 0 Å². The lowest BCUT2D eigenvalue weighted by Gasteiger charge is -2.31. The van der Waals surface area contributed by atoms with Crippen molar-refractivity contribution in [2.75, 3.05) is 20.0 Å². The summed E-state index contributed by atoms with van der Waals surface area (Å²) in [6.07, 6.45) is 6.89. The zero-order chi connectivity index (χ0) is 14.4. The molecular formula is C16H25NO2S. The van der Waals surface area contributed by atoms with Gasteiger partial charge in [0.1, 0.15) is 5.75 Å². The molecule has 2 N–H and O–H groups in total. The van der Waals surface area contributed by atoms with Crippen molar-refractivity contribution in [1.29, 1.82) is 0 Å². The van der Waals surface area contributed by atoms with Crippen molar-refractivity contribution in [2.24, 2.45) is 5.92 Å². The molecule has 1 fully saturated rings. The standard InChI is InChI=1S/C16H25NO2S/c1-19-15-9-12(7-8-16(15)20-2)10-17-14-6-4-3-5-13(14)11-18/h7-9,13-14,17-18H,3-6,10-11H2,1-2H3. The molecule has 20 heavy (non-hydrogen) atoms. The first-order valence-corrected chi connectivity index (χ1v) is 8.56. The zero-order valence-corrected chi connectivity index (χ0v) is 13.2. The van der Waals surface area contributed by atoms with Gasteiger partial charge in [-0.2, -0.15) is 0 Å². The minimum absolute atomic E-state index is 0.298. The lowest BCUT2D eigenvalue weighted by atomic mass is 9.85. The number of hydrogen-bond acceptors (Lipinski definition) is 4. The zero-order valence-electron chi connectivity index (χ0n) is 12.4. The molecule has 0 saturated heterocycles. The van der Waals surface area contributed by atoms with E-state index < -0.39 is 0 Å². The van der Waals surface area contributed by atoms with Crippen LogP contribution in [0.25, 0.3) is 0 Å². The molecule has 1 saturated carbocycles. The summed E-state index contributed by atoms with van der Waals surface area (Å²) in [5.41, 5.74) is 1.24. The number of aliphatic hydroxyl groups is 1. The van der Waals surface area contributed by atoms with E-state index in [1.54, 1.807) is 18.9 Å². The Bertz CT molecular complexity index is 425. The molecule has 0 radical (unpaired) electrons. The van der Waals surface area contributed by atoms with Crippen LogP contribution in [0.2, 0.25) is 0 Å². The Morgan fingerprint density at radius 2 is 2.15 bits per heavy atom. The summed E-state index contributed by atoms with van der Waals surface area (Å²) in [4.78, 5) is 1.17. The molecule has 2 atom stereocenters. The lowest BCUT2D eigenvalue weighted by Crippen LogP contribution is -2.39. The van der Waals surface area contributed by atoms with Crippen LogP contribution in [0.3, 0.4) is 0 Å². The van der Waals surface area contributed by atoms with Crippen LogP contribution in [0.1, 0.15) is 31.2 Å². The minimum atomic E-state index is 0.298. The normalized spacial score (nSPS) is 22.8. The van der Waals surface area contributed by atoms with E-state index in [0.717, 1.165) is 18.7 Å². The van der Waals surface area contributed by atoms with Crippen LogP contribution in [0.15, 0.2) is 23.1 Å². The van der Waals surface area contributed by atoms with Crippen molar-refractivity contribution in [1.82, 2.24) is 5.32 Å². The fourth-order valence-corrected chi connectivity index (χ4v) is 3.48. The number of methoxy groups -OCH3 is 1. The van der Waals surface area contributed by atoms with Crippen LogP contribution >= 0.6 is 11.8 Å². The first-order valence-electron chi connectivity index (χ1n) is 7.33. The average molecular weight is 295 g/mol. The fraction of sp³-hybridized carbons (Fsp3) is 0.625. The van der Waals surface area contributed by atoms with Gasteiger partial charge in [-0.15, -0.1) is 11.8 Å². The molecule has 0 aromatic heterocycles.